The fourth-order valence-corrected chi connectivity index (χ4v) is 4.53. The maximum absolute atomic E-state index is 6.15. The molecule has 0 N–H and O–H groups in total. The first-order valence-electron chi connectivity index (χ1n) is 4.64. The van der Waals surface area contributed by atoms with E-state index in [4.69, 9.17) is 15.5 Å². The minimum absolute atomic E-state index is 0.717. The predicted octanol–water partition coefficient (Wildman–Crippen LogP) is 4.18. The van der Waals surface area contributed by atoms with Gasteiger partial charge in [0.15, 0.2) is 0 Å². The Labute approximate surface area is 89.2 Å². The Balaban J connectivity index is 3.33. The van der Waals surface area contributed by atoms with Crippen LogP contribution in [0.25, 0.3) is 0 Å². The summed E-state index contributed by atoms with van der Waals surface area (Å²) in [6, 6.07) is 1.02. The highest BCUT2D eigenvalue weighted by atomic mass is 79.9. The van der Waals surface area contributed by atoms with E-state index in [0.29, 0.717) is 0 Å². The van der Waals surface area contributed by atoms with Crippen molar-refractivity contribution < 1.29 is 4.43 Å². The largest absolute Gasteiger partial charge is 0.396 e. The lowest BCUT2D eigenvalue weighted by Gasteiger charge is -2.15. The normalized spacial score (nSPS) is 16.0. The van der Waals surface area contributed by atoms with Gasteiger partial charge in [0.25, 0.3) is 0 Å². The second-order valence-electron chi connectivity index (χ2n) is 2.88. The van der Waals surface area contributed by atoms with Crippen LogP contribution in [0, 0.1) is 0 Å². The van der Waals surface area contributed by atoms with Crippen molar-refractivity contribution in [3.63, 3.8) is 0 Å². The lowest BCUT2D eigenvalue weighted by molar-refractivity contribution is 0.349. The molecule has 0 aromatic heterocycles. The van der Waals surface area contributed by atoms with Crippen molar-refractivity contribution in [3.8, 4) is 0 Å². The number of halogens is 2. The summed E-state index contributed by atoms with van der Waals surface area (Å²) in [4.78, 5) is 0. The lowest BCUT2D eigenvalue weighted by atomic mass is 10.2. The van der Waals surface area contributed by atoms with Gasteiger partial charge in [-0.25, -0.2) is 0 Å². The van der Waals surface area contributed by atoms with Gasteiger partial charge in [-0.05, 0) is 13.0 Å². The number of rotatable bonds is 7. The maximum Gasteiger partial charge on any atom is 0.362 e. The van der Waals surface area contributed by atoms with E-state index in [0.717, 1.165) is 12.7 Å². The van der Waals surface area contributed by atoms with Gasteiger partial charge in [-0.1, -0.05) is 47.9 Å². The second kappa shape index (κ2) is 7.36. The van der Waals surface area contributed by atoms with E-state index in [1.807, 2.05) is 6.92 Å². The molecular formula is C8H18BrClOSi. The minimum Gasteiger partial charge on any atom is -0.396 e. The summed E-state index contributed by atoms with van der Waals surface area (Å²) in [5, 5.41) is 0. The maximum atomic E-state index is 6.15. The monoisotopic (exact) mass is 272 g/mol. The molecule has 0 spiro atoms. The summed E-state index contributed by atoms with van der Waals surface area (Å²) in [5.41, 5.74) is 0. The molecule has 0 saturated carbocycles. The molecule has 0 aliphatic rings. The van der Waals surface area contributed by atoms with Crippen molar-refractivity contribution in [2.75, 3.05) is 6.61 Å². The third kappa shape index (κ3) is 7.59. The van der Waals surface area contributed by atoms with E-state index in [9.17, 15) is 0 Å². The molecule has 1 unspecified atom stereocenters. The van der Waals surface area contributed by atoms with Crippen molar-refractivity contribution in [1.29, 1.82) is 0 Å². The van der Waals surface area contributed by atoms with E-state index in [-0.39, 0.29) is 0 Å². The zero-order valence-electron chi connectivity index (χ0n) is 7.91. The highest BCUT2D eigenvalue weighted by molar-refractivity contribution is 9.27. The highest BCUT2D eigenvalue weighted by Crippen LogP contribution is 2.26. The van der Waals surface area contributed by atoms with Gasteiger partial charge < -0.3 is 4.43 Å². The summed E-state index contributed by atoms with van der Waals surface area (Å²) < 4.78 is 5.43. The molecule has 1 nitrogen and oxygen atoms in total. The van der Waals surface area contributed by atoms with Crippen molar-refractivity contribution in [2.24, 2.45) is 0 Å². The van der Waals surface area contributed by atoms with Crippen LogP contribution in [0.3, 0.4) is 0 Å². The minimum atomic E-state index is -1.97. The quantitative estimate of drug-likeness (QED) is 0.384. The Morgan fingerprint density at radius 3 is 2.42 bits per heavy atom. The van der Waals surface area contributed by atoms with Gasteiger partial charge >= 0.3 is 6.25 Å². The van der Waals surface area contributed by atoms with E-state index in [1.54, 1.807) is 0 Å². The zero-order valence-corrected chi connectivity index (χ0v) is 11.2. The molecule has 0 aromatic rings. The van der Waals surface area contributed by atoms with Crippen LogP contribution in [0.15, 0.2) is 0 Å². The number of hydrogen-bond acceptors (Lipinski definition) is 1. The van der Waals surface area contributed by atoms with Crippen LogP contribution < -0.4 is 0 Å². The van der Waals surface area contributed by atoms with Crippen LogP contribution >= 0.6 is 26.4 Å². The van der Waals surface area contributed by atoms with Gasteiger partial charge in [-0.3, -0.25) is 0 Å². The van der Waals surface area contributed by atoms with Gasteiger partial charge in [-0.2, -0.15) is 0 Å². The van der Waals surface area contributed by atoms with E-state index in [2.05, 4.69) is 22.2 Å². The molecule has 0 amide bonds. The molecule has 0 rings (SSSR count). The second-order valence-corrected chi connectivity index (χ2v) is 12.0. The number of unbranched alkanes of at least 4 members (excludes halogenated alkanes) is 3. The Hall–Kier alpha value is 0.947. The van der Waals surface area contributed by atoms with Crippen LogP contribution in [0.1, 0.15) is 39.5 Å². The van der Waals surface area contributed by atoms with Crippen LogP contribution in [-0.4, -0.2) is 12.9 Å². The molecule has 1 atom stereocenters. The Morgan fingerprint density at radius 2 is 1.92 bits per heavy atom. The zero-order chi connectivity index (χ0) is 9.45. The van der Waals surface area contributed by atoms with Crippen LogP contribution in [0.5, 0.6) is 0 Å². The molecule has 12 heavy (non-hydrogen) atoms. The SMILES string of the molecule is CCCCCC[Si](Cl)(Br)OCC. The number of hydrogen-bond donors (Lipinski definition) is 0. The molecule has 0 bridgehead atoms. The van der Waals surface area contributed by atoms with Crippen LogP contribution in [-0.2, 0) is 4.43 Å². The molecule has 0 radical (unpaired) electrons. The average Bonchev–Trinajstić information content (AvgIpc) is 1.98. The summed E-state index contributed by atoms with van der Waals surface area (Å²) in [6.07, 6.45) is 3.07. The van der Waals surface area contributed by atoms with E-state index in [1.165, 1.54) is 25.7 Å². The summed E-state index contributed by atoms with van der Waals surface area (Å²) in [5.74, 6) is 0. The van der Waals surface area contributed by atoms with Gasteiger partial charge in [-0.15, -0.1) is 11.1 Å². The van der Waals surface area contributed by atoms with Gasteiger partial charge in [0.2, 0.25) is 0 Å². The van der Waals surface area contributed by atoms with E-state index >= 15 is 0 Å². The lowest BCUT2D eigenvalue weighted by Crippen LogP contribution is -2.23. The third-order valence-electron chi connectivity index (χ3n) is 1.68. The fourth-order valence-electron chi connectivity index (χ4n) is 1.04. The summed E-state index contributed by atoms with van der Waals surface area (Å²) in [6.45, 7) is 4.91. The van der Waals surface area contributed by atoms with Crippen molar-refractivity contribution in [2.45, 2.75) is 45.6 Å². The van der Waals surface area contributed by atoms with E-state index < -0.39 is 6.25 Å². The standard InChI is InChI=1S/C8H18BrClOSi/c1-3-5-6-7-8-12(9,10)11-4-2/h3-8H2,1-2H3. The molecule has 74 valence electrons. The first-order valence-corrected chi connectivity index (χ1v) is 10.0. The first-order chi connectivity index (χ1) is 5.62. The molecule has 0 aromatic carbocycles. The van der Waals surface area contributed by atoms with Crippen LogP contribution in [0.2, 0.25) is 6.04 Å². The Bertz CT molecular complexity index is 111. The van der Waals surface area contributed by atoms with Gasteiger partial charge in [0, 0.05) is 6.61 Å². The van der Waals surface area contributed by atoms with Crippen molar-refractivity contribution >= 4 is 32.6 Å². The fraction of sp³-hybridized carbons (Fsp3) is 1.00. The molecule has 0 saturated heterocycles. The highest BCUT2D eigenvalue weighted by Gasteiger charge is 2.27. The predicted molar refractivity (Wildman–Crippen MR) is 61.1 cm³/mol. The topological polar surface area (TPSA) is 9.23 Å². The Kier molecular flexibility index (Phi) is 7.94. The average molecular weight is 274 g/mol. The van der Waals surface area contributed by atoms with Gasteiger partial charge in [0.1, 0.15) is 0 Å². The molecule has 4 heteroatoms. The molecule has 0 fully saturated rings. The molecule has 0 aliphatic heterocycles. The van der Waals surface area contributed by atoms with Crippen molar-refractivity contribution in [3.05, 3.63) is 0 Å². The smallest absolute Gasteiger partial charge is 0.362 e. The van der Waals surface area contributed by atoms with Crippen molar-refractivity contribution in [1.82, 2.24) is 0 Å². The first kappa shape index (κ1) is 12.9. The Morgan fingerprint density at radius 1 is 1.25 bits per heavy atom. The van der Waals surface area contributed by atoms with Crippen LogP contribution in [0.4, 0.5) is 0 Å². The summed E-state index contributed by atoms with van der Waals surface area (Å²) in [7, 11) is 0. The third-order valence-corrected chi connectivity index (χ3v) is 6.09. The molecular weight excluding hydrogens is 256 g/mol. The molecule has 0 aliphatic carbocycles. The summed E-state index contributed by atoms with van der Waals surface area (Å²) >= 11 is 9.63. The molecule has 0 heterocycles. The van der Waals surface area contributed by atoms with Gasteiger partial charge in [0.05, 0.1) is 0 Å².